The molecule has 1 saturated carbocycles. The Kier molecular flexibility index (Phi) is 4.51. The first-order chi connectivity index (χ1) is 14.1. The summed E-state index contributed by atoms with van der Waals surface area (Å²) in [6.07, 6.45) is 3.25. The predicted octanol–water partition coefficient (Wildman–Crippen LogP) is 2.76. The van der Waals surface area contributed by atoms with Crippen molar-refractivity contribution < 1.29 is 15.0 Å². The maximum absolute atomic E-state index is 12.8. The standard InChI is InChI=1S/C23H25N3O3/c27-18-5-3-4-15(8-18)9-23(29)25-12-16-10-21(22(28)11-17(16)13-25)26-14-24-19-6-1-2-7-20(19)26/h1-8,14,16-17,21-22,27-28H,9-13H2/t16-,17+,21-,22-/m1/s1. The van der Waals surface area contributed by atoms with E-state index in [9.17, 15) is 15.0 Å². The summed E-state index contributed by atoms with van der Waals surface area (Å²) >= 11 is 0. The lowest BCUT2D eigenvalue weighted by molar-refractivity contribution is -0.129. The fourth-order valence-corrected chi connectivity index (χ4v) is 5.11. The smallest absolute Gasteiger partial charge is 0.227 e. The summed E-state index contributed by atoms with van der Waals surface area (Å²) < 4.78 is 2.10. The van der Waals surface area contributed by atoms with Crippen molar-refractivity contribution in [2.24, 2.45) is 11.8 Å². The largest absolute Gasteiger partial charge is 0.508 e. The number of benzene rings is 2. The van der Waals surface area contributed by atoms with E-state index in [0.717, 1.165) is 29.6 Å². The first-order valence-electron chi connectivity index (χ1n) is 10.2. The molecular weight excluding hydrogens is 366 g/mol. The first-order valence-corrected chi connectivity index (χ1v) is 10.2. The van der Waals surface area contributed by atoms with Crippen molar-refractivity contribution in [3.63, 3.8) is 0 Å². The van der Waals surface area contributed by atoms with E-state index in [1.165, 1.54) is 0 Å². The van der Waals surface area contributed by atoms with Gasteiger partial charge in [0, 0.05) is 13.1 Å². The van der Waals surface area contributed by atoms with Gasteiger partial charge in [-0.15, -0.1) is 0 Å². The summed E-state index contributed by atoms with van der Waals surface area (Å²) in [5.41, 5.74) is 2.81. The molecule has 1 aromatic heterocycles. The normalized spacial score (nSPS) is 26.6. The van der Waals surface area contributed by atoms with Gasteiger partial charge in [-0.25, -0.2) is 4.98 Å². The Bertz CT molecular complexity index is 1050. The molecule has 2 aliphatic rings. The van der Waals surface area contributed by atoms with Gasteiger partial charge >= 0.3 is 0 Å². The average molecular weight is 391 g/mol. The summed E-state index contributed by atoms with van der Waals surface area (Å²) in [6, 6.07) is 14.9. The molecular formula is C23H25N3O3. The van der Waals surface area contributed by atoms with E-state index in [-0.39, 0.29) is 17.7 Å². The summed E-state index contributed by atoms with van der Waals surface area (Å²) in [5.74, 6) is 0.995. The Morgan fingerprint density at radius 1 is 1.07 bits per heavy atom. The van der Waals surface area contributed by atoms with Crippen LogP contribution in [0.4, 0.5) is 0 Å². The zero-order chi connectivity index (χ0) is 20.0. The van der Waals surface area contributed by atoms with Crippen LogP contribution in [0.2, 0.25) is 0 Å². The molecule has 2 N–H and O–H groups in total. The van der Waals surface area contributed by atoms with Gasteiger partial charge in [-0.2, -0.15) is 0 Å². The van der Waals surface area contributed by atoms with Crippen LogP contribution in [0.15, 0.2) is 54.9 Å². The van der Waals surface area contributed by atoms with Gasteiger partial charge in [0.1, 0.15) is 5.75 Å². The van der Waals surface area contributed by atoms with E-state index in [2.05, 4.69) is 9.55 Å². The van der Waals surface area contributed by atoms with Gasteiger partial charge < -0.3 is 19.7 Å². The number of carbonyl (C=O) groups excluding carboxylic acids is 1. The second-order valence-electron chi connectivity index (χ2n) is 8.41. The number of likely N-dealkylation sites (tertiary alicyclic amines) is 1. The second-order valence-corrected chi connectivity index (χ2v) is 8.41. The highest BCUT2D eigenvalue weighted by atomic mass is 16.3. The lowest BCUT2D eigenvalue weighted by Crippen LogP contribution is -2.36. The van der Waals surface area contributed by atoms with E-state index in [0.29, 0.717) is 31.2 Å². The van der Waals surface area contributed by atoms with Crippen LogP contribution in [0.1, 0.15) is 24.4 Å². The number of fused-ring (bicyclic) bond motifs is 2. The number of amides is 1. The maximum atomic E-state index is 12.8. The molecule has 0 spiro atoms. The molecule has 1 aliphatic heterocycles. The van der Waals surface area contributed by atoms with Crippen LogP contribution >= 0.6 is 0 Å². The number of hydrogen-bond acceptors (Lipinski definition) is 4. The van der Waals surface area contributed by atoms with Crippen LogP contribution in [0.25, 0.3) is 11.0 Å². The number of hydrogen-bond donors (Lipinski definition) is 2. The van der Waals surface area contributed by atoms with E-state index in [4.69, 9.17) is 0 Å². The van der Waals surface area contributed by atoms with Crippen molar-refractivity contribution in [1.82, 2.24) is 14.5 Å². The van der Waals surface area contributed by atoms with Gasteiger partial charge in [-0.05, 0) is 54.5 Å². The van der Waals surface area contributed by atoms with Crippen molar-refractivity contribution >= 4 is 16.9 Å². The zero-order valence-corrected chi connectivity index (χ0v) is 16.2. The van der Waals surface area contributed by atoms with Crippen LogP contribution in [0, 0.1) is 11.8 Å². The van der Waals surface area contributed by atoms with Crippen molar-refractivity contribution in [3.8, 4) is 5.75 Å². The highest BCUT2D eigenvalue weighted by Crippen LogP contribution is 2.42. The molecule has 2 aromatic carbocycles. The van der Waals surface area contributed by atoms with Gasteiger partial charge in [0.2, 0.25) is 5.91 Å². The Balaban J connectivity index is 1.30. The van der Waals surface area contributed by atoms with Crippen molar-refractivity contribution in [2.45, 2.75) is 31.4 Å². The number of phenolic OH excluding ortho intramolecular Hbond substituents is 1. The van der Waals surface area contributed by atoms with E-state index in [1.807, 2.05) is 41.6 Å². The number of aromatic hydroxyl groups is 1. The Morgan fingerprint density at radius 3 is 2.69 bits per heavy atom. The molecule has 6 heteroatoms. The van der Waals surface area contributed by atoms with Gasteiger partial charge in [-0.3, -0.25) is 4.79 Å². The molecule has 2 fully saturated rings. The number of aliphatic hydroxyl groups excluding tert-OH is 1. The third-order valence-electron chi connectivity index (χ3n) is 6.57. The number of carbonyl (C=O) groups is 1. The fourth-order valence-electron chi connectivity index (χ4n) is 5.11. The zero-order valence-electron chi connectivity index (χ0n) is 16.2. The van der Waals surface area contributed by atoms with E-state index >= 15 is 0 Å². The molecule has 3 aromatic rings. The van der Waals surface area contributed by atoms with Crippen LogP contribution in [-0.4, -0.2) is 49.8 Å². The molecule has 1 saturated heterocycles. The third kappa shape index (κ3) is 3.38. The molecule has 6 nitrogen and oxygen atoms in total. The average Bonchev–Trinajstić information content (AvgIpc) is 3.31. The number of imidazole rings is 1. The summed E-state index contributed by atoms with van der Waals surface area (Å²) in [4.78, 5) is 19.2. The Labute approximate surface area is 169 Å². The number of rotatable bonds is 3. The molecule has 2 heterocycles. The minimum absolute atomic E-state index is 0.00947. The SMILES string of the molecule is O=C(Cc1cccc(O)c1)N1C[C@H]2C[C@@H](n3cnc4ccccc43)[C@H](O)C[C@H]2C1. The van der Waals surface area contributed by atoms with Crippen LogP contribution < -0.4 is 0 Å². The monoisotopic (exact) mass is 391 g/mol. The van der Waals surface area contributed by atoms with Crippen molar-refractivity contribution in [1.29, 1.82) is 0 Å². The fraction of sp³-hybridized carbons (Fsp3) is 0.391. The molecule has 5 rings (SSSR count). The topological polar surface area (TPSA) is 78.6 Å². The van der Waals surface area contributed by atoms with E-state index in [1.54, 1.807) is 18.2 Å². The number of para-hydroxylation sites is 2. The van der Waals surface area contributed by atoms with Crippen LogP contribution in [0.5, 0.6) is 5.75 Å². The molecule has 4 atom stereocenters. The third-order valence-corrected chi connectivity index (χ3v) is 6.57. The quantitative estimate of drug-likeness (QED) is 0.720. The molecule has 150 valence electrons. The Morgan fingerprint density at radius 2 is 1.86 bits per heavy atom. The molecule has 0 radical (unpaired) electrons. The Hall–Kier alpha value is -2.86. The number of nitrogens with zero attached hydrogens (tertiary/aromatic N) is 3. The lowest BCUT2D eigenvalue weighted by atomic mass is 9.77. The number of phenols is 1. The van der Waals surface area contributed by atoms with Crippen LogP contribution in [0.3, 0.4) is 0 Å². The summed E-state index contributed by atoms with van der Waals surface area (Å²) in [6.45, 7) is 1.44. The summed E-state index contributed by atoms with van der Waals surface area (Å²) in [7, 11) is 0. The molecule has 29 heavy (non-hydrogen) atoms. The highest BCUT2D eigenvalue weighted by molar-refractivity contribution is 5.79. The molecule has 0 bridgehead atoms. The van der Waals surface area contributed by atoms with Gasteiger partial charge in [0.05, 0.1) is 35.9 Å². The predicted molar refractivity (Wildman–Crippen MR) is 109 cm³/mol. The van der Waals surface area contributed by atoms with Crippen LogP contribution in [-0.2, 0) is 11.2 Å². The van der Waals surface area contributed by atoms with Gasteiger partial charge in [0.25, 0.3) is 0 Å². The van der Waals surface area contributed by atoms with Gasteiger partial charge in [0.15, 0.2) is 0 Å². The minimum Gasteiger partial charge on any atom is -0.508 e. The molecule has 1 amide bonds. The van der Waals surface area contributed by atoms with Crippen molar-refractivity contribution in [2.75, 3.05) is 13.1 Å². The van der Waals surface area contributed by atoms with Gasteiger partial charge in [-0.1, -0.05) is 24.3 Å². The number of aromatic nitrogens is 2. The van der Waals surface area contributed by atoms with Crippen molar-refractivity contribution in [3.05, 3.63) is 60.4 Å². The molecule has 0 unspecified atom stereocenters. The second kappa shape index (κ2) is 7.19. The van der Waals surface area contributed by atoms with E-state index < -0.39 is 6.10 Å². The highest BCUT2D eigenvalue weighted by Gasteiger charge is 2.43. The number of aliphatic hydroxyl groups is 1. The first kappa shape index (κ1) is 18.2. The maximum Gasteiger partial charge on any atom is 0.227 e. The minimum atomic E-state index is -0.435. The lowest BCUT2D eigenvalue weighted by Gasteiger charge is -2.36. The molecule has 1 aliphatic carbocycles. The summed E-state index contributed by atoms with van der Waals surface area (Å²) in [5, 5.41) is 20.5.